The van der Waals surface area contributed by atoms with E-state index >= 15 is 0 Å². The van der Waals surface area contributed by atoms with Gasteiger partial charge in [-0.15, -0.1) is 0 Å². The van der Waals surface area contributed by atoms with Gasteiger partial charge in [-0.3, -0.25) is 10.1 Å². The highest BCUT2D eigenvalue weighted by atomic mass is 16.6. The number of nitro groups is 1. The van der Waals surface area contributed by atoms with Crippen molar-refractivity contribution in [2.24, 2.45) is 5.73 Å². The van der Waals surface area contributed by atoms with Crippen molar-refractivity contribution in [3.63, 3.8) is 0 Å². The monoisotopic (exact) mass is 293 g/mol. The van der Waals surface area contributed by atoms with Gasteiger partial charge in [0.05, 0.1) is 11.0 Å². The van der Waals surface area contributed by atoms with Gasteiger partial charge in [-0.05, 0) is 39.2 Å². The average molecular weight is 293 g/mol. The van der Waals surface area contributed by atoms with Gasteiger partial charge in [0.15, 0.2) is 5.75 Å². The normalized spacial score (nSPS) is 18.9. The van der Waals surface area contributed by atoms with Crippen LogP contribution in [0.15, 0.2) is 18.2 Å². The molecule has 6 nitrogen and oxygen atoms in total. The molecule has 1 aliphatic heterocycles. The Labute approximate surface area is 125 Å². The van der Waals surface area contributed by atoms with Crippen LogP contribution in [-0.2, 0) is 0 Å². The molecule has 6 heteroatoms. The summed E-state index contributed by atoms with van der Waals surface area (Å²) in [5.74, 6) is 0.328. The zero-order valence-corrected chi connectivity index (χ0v) is 12.6. The summed E-state index contributed by atoms with van der Waals surface area (Å²) in [6.07, 6.45) is 3.26. The van der Waals surface area contributed by atoms with Gasteiger partial charge in [0, 0.05) is 37.0 Å². The van der Waals surface area contributed by atoms with Gasteiger partial charge in [-0.25, -0.2) is 0 Å². The highest BCUT2D eigenvalue weighted by Gasteiger charge is 2.24. The number of rotatable bonds is 5. The van der Waals surface area contributed by atoms with Gasteiger partial charge in [0.25, 0.3) is 0 Å². The van der Waals surface area contributed by atoms with Crippen molar-refractivity contribution in [1.29, 1.82) is 0 Å². The van der Waals surface area contributed by atoms with E-state index in [9.17, 15) is 10.1 Å². The summed E-state index contributed by atoms with van der Waals surface area (Å²) in [5.41, 5.74) is 6.81. The first kappa shape index (κ1) is 15.6. The Morgan fingerprint density at radius 3 is 2.86 bits per heavy atom. The van der Waals surface area contributed by atoms with Crippen molar-refractivity contribution in [2.45, 2.75) is 45.3 Å². The minimum Gasteiger partial charge on any atom is -0.484 e. The molecular weight excluding hydrogens is 270 g/mol. The number of hydrogen-bond donors (Lipinski definition) is 1. The van der Waals surface area contributed by atoms with E-state index in [4.69, 9.17) is 10.5 Å². The Morgan fingerprint density at radius 2 is 2.24 bits per heavy atom. The third-order valence-corrected chi connectivity index (χ3v) is 3.73. The average Bonchev–Trinajstić information content (AvgIpc) is 2.46. The Bertz CT molecular complexity index is 505. The summed E-state index contributed by atoms with van der Waals surface area (Å²) in [6, 6.07) is 5.38. The Morgan fingerprint density at radius 1 is 1.48 bits per heavy atom. The lowest BCUT2D eigenvalue weighted by Crippen LogP contribution is -2.44. The molecular formula is C15H23N3O3. The van der Waals surface area contributed by atoms with Crippen LogP contribution in [0.5, 0.6) is 5.75 Å². The zero-order valence-electron chi connectivity index (χ0n) is 12.6. The molecule has 1 fully saturated rings. The van der Waals surface area contributed by atoms with Crippen LogP contribution in [0.2, 0.25) is 0 Å². The number of anilines is 1. The summed E-state index contributed by atoms with van der Waals surface area (Å²) < 4.78 is 5.61. The molecule has 1 unspecified atom stereocenters. The van der Waals surface area contributed by atoms with Crippen molar-refractivity contribution in [2.75, 3.05) is 18.0 Å². The Kier molecular flexibility index (Phi) is 5.01. The predicted octanol–water partition coefficient (Wildman–Crippen LogP) is 2.70. The number of benzene rings is 1. The molecule has 2 rings (SSSR count). The summed E-state index contributed by atoms with van der Waals surface area (Å²) >= 11 is 0. The number of piperidine rings is 1. The molecule has 0 spiro atoms. The fourth-order valence-corrected chi connectivity index (χ4v) is 2.77. The van der Waals surface area contributed by atoms with Crippen molar-refractivity contribution >= 4 is 11.4 Å². The lowest BCUT2D eigenvalue weighted by atomic mass is 10.0. The quantitative estimate of drug-likeness (QED) is 0.666. The Balaban J connectivity index is 2.33. The molecule has 1 saturated heterocycles. The third kappa shape index (κ3) is 3.64. The summed E-state index contributed by atoms with van der Waals surface area (Å²) in [6.45, 7) is 5.25. The molecule has 0 aromatic heterocycles. The van der Waals surface area contributed by atoms with Gasteiger partial charge in [0.2, 0.25) is 0 Å². The van der Waals surface area contributed by atoms with Crippen molar-refractivity contribution < 1.29 is 9.66 Å². The first-order valence-electron chi connectivity index (χ1n) is 7.44. The lowest BCUT2D eigenvalue weighted by molar-refractivity contribution is -0.386. The fraction of sp³-hybridized carbons (Fsp3) is 0.600. The van der Waals surface area contributed by atoms with Crippen LogP contribution in [-0.4, -0.2) is 30.2 Å². The standard InChI is InChI=1S/C15H23N3O3/c1-11(2)21-15-9-12(6-7-14(15)18(19)20)17-8-4-3-5-13(17)10-16/h6-7,9,11,13H,3-5,8,10,16H2,1-2H3. The largest absolute Gasteiger partial charge is 0.484 e. The van der Waals surface area contributed by atoms with Crippen LogP contribution in [0.25, 0.3) is 0 Å². The molecule has 0 radical (unpaired) electrons. The topological polar surface area (TPSA) is 81.6 Å². The molecule has 0 bridgehead atoms. The highest BCUT2D eigenvalue weighted by molar-refractivity contribution is 5.60. The van der Waals surface area contributed by atoms with Crippen LogP contribution in [0.1, 0.15) is 33.1 Å². The predicted molar refractivity (Wildman–Crippen MR) is 82.9 cm³/mol. The first-order valence-corrected chi connectivity index (χ1v) is 7.44. The van der Waals surface area contributed by atoms with Crippen LogP contribution in [0.3, 0.4) is 0 Å². The maximum atomic E-state index is 11.1. The third-order valence-electron chi connectivity index (χ3n) is 3.73. The second-order valence-electron chi connectivity index (χ2n) is 5.65. The number of nitrogens with zero attached hydrogens (tertiary/aromatic N) is 2. The molecule has 0 aliphatic carbocycles. The number of nitro benzene ring substituents is 1. The van der Waals surface area contributed by atoms with E-state index in [0.717, 1.165) is 25.1 Å². The van der Waals surface area contributed by atoms with E-state index in [1.807, 2.05) is 13.8 Å². The van der Waals surface area contributed by atoms with Crippen molar-refractivity contribution in [1.82, 2.24) is 0 Å². The van der Waals surface area contributed by atoms with Crippen LogP contribution in [0, 0.1) is 10.1 Å². The van der Waals surface area contributed by atoms with Gasteiger partial charge in [-0.1, -0.05) is 0 Å². The maximum Gasteiger partial charge on any atom is 0.311 e. The van der Waals surface area contributed by atoms with Gasteiger partial charge in [-0.2, -0.15) is 0 Å². The molecule has 1 heterocycles. The Hall–Kier alpha value is -1.82. The van der Waals surface area contributed by atoms with Crippen molar-refractivity contribution in [3.8, 4) is 5.75 Å². The molecule has 0 amide bonds. The van der Waals surface area contributed by atoms with Gasteiger partial charge < -0.3 is 15.4 Å². The molecule has 1 aromatic carbocycles. The second kappa shape index (κ2) is 6.76. The zero-order chi connectivity index (χ0) is 15.4. The highest BCUT2D eigenvalue weighted by Crippen LogP contribution is 2.34. The molecule has 2 N–H and O–H groups in total. The molecule has 116 valence electrons. The number of nitrogens with two attached hydrogens (primary N) is 1. The minimum absolute atomic E-state index is 0.00811. The molecule has 1 atom stereocenters. The van der Waals surface area contributed by atoms with E-state index in [2.05, 4.69) is 4.90 Å². The van der Waals surface area contributed by atoms with Crippen LogP contribution >= 0.6 is 0 Å². The molecule has 1 aromatic rings. The van der Waals surface area contributed by atoms with Crippen molar-refractivity contribution in [3.05, 3.63) is 28.3 Å². The smallest absolute Gasteiger partial charge is 0.311 e. The summed E-state index contributed by atoms with van der Waals surface area (Å²) in [7, 11) is 0. The minimum atomic E-state index is -0.405. The van der Waals surface area contributed by atoms with Crippen LogP contribution < -0.4 is 15.4 Å². The maximum absolute atomic E-state index is 11.1. The fourth-order valence-electron chi connectivity index (χ4n) is 2.77. The van der Waals surface area contributed by atoms with E-state index in [-0.39, 0.29) is 11.8 Å². The van der Waals surface area contributed by atoms with Gasteiger partial charge >= 0.3 is 5.69 Å². The second-order valence-corrected chi connectivity index (χ2v) is 5.65. The summed E-state index contributed by atoms with van der Waals surface area (Å²) in [5, 5.41) is 11.1. The lowest BCUT2D eigenvalue weighted by Gasteiger charge is -2.37. The van der Waals surface area contributed by atoms with Gasteiger partial charge in [0.1, 0.15) is 0 Å². The molecule has 1 aliphatic rings. The van der Waals surface area contributed by atoms with E-state index < -0.39 is 4.92 Å². The molecule has 21 heavy (non-hydrogen) atoms. The van der Waals surface area contributed by atoms with Crippen LogP contribution in [0.4, 0.5) is 11.4 Å². The first-order chi connectivity index (χ1) is 10.0. The molecule has 0 saturated carbocycles. The van der Waals surface area contributed by atoms with E-state index in [0.29, 0.717) is 18.3 Å². The number of hydrogen-bond acceptors (Lipinski definition) is 5. The SMILES string of the molecule is CC(C)Oc1cc(N2CCCCC2CN)ccc1[N+](=O)[O-]. The van der Waals surface area contributed by atoms with E-state index in [1.54, 1.807) is 12.1 Å². The van der Waals surface area contributed by atoms with E-state index in [1.165, 1.54) is 12.5 Å². The number of ether oxygens (including phenoxy) is 1. The summed E-state index contributed by atoms with van der Waals surface area (Å²) in [4.78, 5) is 12.9.